The summed E-state index contributed by atoms with van der Waals surface area (Å²) in [5.41, 5.74) is 19.2. The minimum atomic E-state index is -0.386. The minimum absolute atomic E-state index is 0.0883. The highest BCUT2D eigenvalue weighted by atomic mass is 31.0. The van der Waals surface area contributed by atoms with Crippen LogP contribution in [0.2, 0.25) is 0 Å². The number of hydrogen-bond donors (Lipinski definition) is 0. The van der Waals surface area contributed by atoms with Crippen molar-refractivity contribution in [1.82, 2.24) is 0 Å². The average Bonchev–Trinajstić information content (AvgIpc) is 3.68. The number of nitrogens with zero attached hydrogens (tertiary/aromatic N) is 1. The summed E-state index contributed by atoms with van der Waals surface area (Å²) >= 11 is 0. The number of para-hydroxylation sites is 1. The summed E-state index contributed by atoms with van der Waals surface area (Å²) in [7, 11) is 2.99. The van der Waals surface area contributed by atoms with Crippen LogP contribution in [0.4, 0.5) is 17.1 Å². The van der Waals surface area contributed by atoms with Crippen LogP contribution in [0.15, 0.2) is 158 Å². The molecular formula is C46H34NP. The van der Waals surface area contributed by atoms with Gasteiger partial charge in [0, 0.05) is 16.8 Å². The second kappa shape index (κ2) is 9.89. The van der Waals surface area contributed by atoms with Crippen LogP contribution in [0.25, 0.3) is 33.4 Å². The van der Waals surface area contributed by atoms with E-state index in [0.29, 0.717) is 0 Å². The Morgan fingerprint density at radius 1 is 0.396 bits per heavy atom. The molecule has 48 heavy (non-hydrogen) atoms. The molecule has 7 aromatic carbocycles. The zero-order valence-corrected chi connectivity index (χ0v) is 28.2. The van der Waals surface area contributed by atoms with Crippen molar-refractivity contribution in [1.29, 1.82) is 0 Å². The molecule has 0 saturated heterocycles. The van der Waals surface area contributed by atoms with Gasteiger partial charge in [0.25, 0.3) is 0 Å². The van der Waals surface area contributed by atoms with E-state index in [1.807, 2.05) is 0 Å². The number of benzene rings is 7. The van der Waals surface area contributed by atoms with Crippen LogP contribution >= 0.6 is 9.24 Å². The molecule has 0 aliphatic heterocycles. The Balaban J connectivity index is 1.24. The molecule has 0 fully saturated rings. The number of anilines is 3. The Morgan fingerprint density at radius 3 is 1.33 bits per heavy atom. The molecule has 0 radical (unpaired) electrons. The predicted molar refractivity (Wildman–Crippen MR) is 204 cm³/mol. The molecule has 0 bridgehead atoms. The summed E-state index contributed by atoms with van der Waals surface area (Å²) in [4.78, 5) is 2.46. The van der Waals surface area contributed by atoms with Gasteiger partial charge in [-0.3, -0.25) is 0 Å². The van der Waals surface area contributed by atoms with Crippen molar-refractivity contribution in [3.63, 3.8) is 0 Å². The zero-order chi connectivity index (χ0) is 32.2. The second-order valence-corrected chi connectivity index (χ2v) is 14.5. The van der Waals surface area contributed by atoms with Crippen LogP contribution in [0.5, 0.6) is 0 Å². The highest BCUT2D eigenvalue weighted by molar-refractivity contribution is 7.28. The SMILES string of the molecule is CC1(C)c2ccccc2-c2ccc(N(c3ccc4c(c3)C3(c5ccccc5-c5ccccc53)c3ccccc3-4)c3ccccc3P)cc21. The first-order chi connectivity index (χ1) is 23.5. The van der Waals surface area contributed by atoms with E-state index in [0.717, 1.165) is 16.7 Å². The Kier molecular flexibility index (Phi) is 5.74. The van der Waals surface area contributed by atoms with Crippen LogP contribution in [-0.4, -0.2) is 0 Å². The van der Waals surface area contributed by atoms with E-state index in [1.165, 1.54) is 72.4 Å². The first-order valence-electron chi connectivity index (χ1n) is 16.8. The molecule has 7 aromatic rings. The monoisotopic (exact) mass is 631 g/mol. The van der Waals surface area contributed by atoms with Crippen molar-refractivity contribution < 1.29 is 0 Å². The zero-order valence-electron chi connectivity index (χ0n) is 27.0. The van der Waals surface area contributed by atoms with Crippen molar-refractivity contribution in [3.05, 3.63) is 191 Å². The number of fused-ring (bicyclic) bond motifs is 13. The quantitative estimate of drug-likeness (QED) is 0.175. The standard InChI is InChI=1S/C46H34NP/c1-45(2)37-17-7-3-13-31(37)35-25-23-29(27-41(35)45)47(43-21-11-12-22-44(43)48)30-24-26-36-34-16-6-10-20-40(34)46(42(36)28-30)38-18-8-4-14-32(38)33-15-5-9-19-39(33)46/h3-28H,48H2,1-2H3. The van der Waals surface area contributed by atoms with E-state index in [2.05, 4.69) is 186 Å². The maximum Gasteiger partial charge on any atom is 0.0726 e. The van der Waals surface area contributed by atoms with Crippen molar-refractivity contribution in [3.8, 4) is 33.4 Å². The molecule has 0 heterocycles. The lowest BCUT2D eigenvalue weighted by molar-refractivity contribution is 0.660. The molecule has 0 saturated carbocycles. The summed E-state index contributed by atoms with van der Waals surface area (Å²) in [5.74, 6) is 0. The molecule has 10 rings (SSSR count). The van der Waals surface area contributed by atoms with Gasteiger partial charge in [-0.15, -0.1) is 9.24 Å². The summed E-state index contributed by atoms with van der Waals surface area (Å²) < 4.78 is 0. The van der Waals surface area contributed by atoms with Crippen LogP contribution in [0, 0.1) is 0 Å². The van der Waals surface area contributed by atoms with Crippen LogP contribution in [0.3, 0.4) is 0 Å². The number of hydrogen-bond acceptors (Lipinski definition) is 1. The van der Waals surface area contributed by atoms with Gasteiger partial charge in [-0.05, 0) is 102 Å². The maximum atomic E-state index is 2.99. The van der Waals surface area contributed by atoms with Gasteiger partial charge in [0.05, 0.1) is 11.1 Å². The molecule has 228 valence electrons. The van der Waals surface area contributed by atoms with E-state index in [-0.39, 0.29) is 10.8 Å². The molecule has 0 amide bonds. The largest absolute Gasteiger partial charge is 0.310 e. The number of rotatable bonds is 3. The molecule has 0 N–H and O–H groups in total. The van der Waals surface area contributed by atoms with Gasteiger partial charge in [-0.2, -0.15) is 0 Å². The smallest absolute Gasteiger partial charge is 0.0726 e. The Labute approximate surface area is 284 Å². The summed E-state index contributed by atoms with van der Waals surface area (Å²) in [6.07, 6.45) is 0. The van der Waals surface area contributed by atoms with Gasteiger partial charge in [0.1, 0.15) is 0 Å². The maximum absolute atomic E-state index is 2.99. The summed E-state index contributed by atoms with van der Waals surface area (Å²) in [6, 6.07) is 59.0. The van der Waals surface area contributed by atoms with Gasteiger partial charge in [0.15, 0.2) is 0 Å². The van der Waals surface area contributed by atoms with E-state index in [4.69, 9.17) is 0 Å². The predicted octanol–water partition coefficient (Wildman–Crippen LogP) is 11.3. The Morgan fingerprint density at radius 2 is 0.792 bits per heavy atom. The van der Waals surface area contributed by atoms with Gasteiger partial charge >= 0.3 is 0 Å². The van der Waals surface area contributed by atoms with Crippen LogP contribution in [-0.2, 0) is 10.8 Å². The van der Waals surface area contributed by atoms with Crippen molar-refractivity contribution >= 4 is 31.6 Å². The van der Waals surface area contributed by atoms with E-state index in [9.17, 15) is 0 Å². The minimum Gasteiger partial charge on any atom is -0.310 e. The van der Waals surface area contributed by atoms with Crippen LogP contribution < -0.4 is 10.2 Å². The fourth-order valence-corrected chi connectivity index (χ4v) is 9.51. The third-order valence-corrected chi connectivity index (χ3v) is 11.7. The molecule has 1 nitrogen and oxygen atoms in total. The fraction of sp³-hybridized carbons (Fsp3) is 0.0870. The molecular weight excluding hydrogens is 597 g/mol. The fourth-order valence-electron chi connectivity index (χ4n) is 9.17. The highest BCUT2D eigenvalue weighted by Crippen LogP contribution is 2.63. The molecule has 3 aliphatic carbocycles. The topological polar surface area (TPSA) is 3.24 Å². The lowest BCUT2D eigenvalue weighted by Gasteiger charge is -2.33. The molecule has 1 atom stereocenters. The first kappa shape index (κ1) is 27.8. The lowest BCUT2D eigenvalue weighted by atomic mass is 9.70. The normalized spacial score (nSPS) is 14.9. The Hall–Kier alpha value is -5.23. The van der Waals surface area contributed by atoms with Gasteiger partial charge in [-0.25, -0.2) is 0 Å². The molecule has 3 aliphatic rings. The molecule has 1 unspecified atom stereocenters. The molecule has 1 spiro atoms. The van der Waals surface area contributed by atoms with Crippen LogP contribution in [0.1, 0.15) is 47.2 Å². The van der Waals surface area contributed by atoms with Gasteiger partial charge in [-0.1, -0.05) is 141 Å². The third kappa shape index (κ3) is 3.50. The first-order valence-corrected chi connectivity index (χ1v) is 17.4. The second-order valence-electron chi connectivity index (χ2n) is 13.9. The molecule has 2 heteroatoms. The van der Waals surface area contributed by atoms with E-state index < -0.39 is 0 Å². The van der Waals surface area contributed by atoms with Gasteiger partial charge in [0.2, 0.25) is 0 Å². The third-order valence-electron chi connectivity index (χ3n) is 11.2. The molecule has 0 aromatic heterocycles. The summed E-state index contributed by atoms with van der Waals surface area (Å²) in [6.45, 7) is 4.72. The van der Waals surface area contributed by atoms with Gasteiger partial charge < -0.3 is 4.90 Å². The summed E-state index contributed by atoms with van der Waals surface area (Å²) in [5, 5.41) is 1.16. The van der Waals surface area contributed by atoms with Crippen molar-refractivity contribution in [2.75, 3.05) is 4.90 Å². The van der Waals surface area contributed by atoms with E-state index in [1.54, 1.807) is 0 Å². The highest BCUT2D eigenvalue weighted by Gasteiger charge is 2.51. The Bertz CT molecular complexity index is 2410. The average molecular weight is 632 g/mol. The lowest BCUT2D eigenvalue weighted by Crippen LogP contribution is -2.26. The van der Waals surface area contributed by atoms with Crippen molar-refractivity contribution in [2.24, 2.45) is 0 Å². The van der Waals surface area contributed by atoms with Crippen molar-refractivity contribution in [2.45, 2.75) is 24.7 Å². The van der Waals surface area contributed by atoms with E-state index >= 15 is 0 Å².